The number of hydrogen-bond donors (Lipinski definition) is 0. The van der Waals surface area contributed by atoms with Gasteiger partial charge < -0.3 is 0 Å². The monoisotopic (exact) mass is 235 g/mol. The fourth-order valence-electron chi connectivity index (χ4n) is 2.20. The van der Waals surface area contributed by atoms with E-state index in [1.54, 1.807) is 23.9 Å². The van der Waals surface area contributed by atoms with Crippen LogP contribution in [0.3, 0.4) is 0 Å². The zero-order valence-electron chi connectivity index (χ0n) is 9.24. The third-order valence-electron chi connectivity index (χ3n) is 3.28. The van der Waals surface area contributed by atoms with E-state index in [4.69, 9.17) is 0 Å². The van der Waals surface area contributed by atoms with Crippen molar-refractivity contribution in [2.45, 2.75) is 35.8 Å². The Labute approximate surface area is 99.7 Å². The summed E-state index contributed by atoms with van der Waals surface area (Å²) in [4.78, 5) is 0.983. The van der Waals surface area contributed by atoms with Crippen molar-refractivity contribution < 1.29 is 4.39 Å². The second kappa shape index (κ2) is 4.47. The zero-order chi connectivity index (χ0) is 11.6. The summed E-state index contributed by atoms with van der Waals surface area (Å²) < 4.78 is 12.5. The van der Waals surface area contributed by atoms with Crippen molar-refractivity contribution in [2.75, 3.05) is 0 Å². The van der Waals surface area contributed by atoms with Gasteiger partial charge in [0.25, 0.3) is 0 Å². The lowest BCUT2D eigenvalue weighted by Crippen LogP contribution is -2.25. The smallest absolute Gasteiger partial charge is 0.123 e. The first kappa shape index (κ1) is 11.5. The van der Waals surface area contributed by atoms with E-state index < -0.39 is 0 Å². The Balaban J connectivity index is 2.19. The third-order valence-corrected chi connectivity index (χ3v) is 4.85. The Kier molecular flexibility index (Phi) is 3.20. The number of nitrogens with zero attached hydrogens (tertiary/aromatic N) is 1. The average molecular weight is 235 g/mol. The molecule has 16 heavy (non-hydrogen) atoms. The second-order valence-electron chi connectivity index (χ2n) is 4.35. The highest BCUT2D eigenvalue weighted by molar-refractivity contribution is 8.01. The largest absolute Gasteiger partial charge is 0.207 e. The molecule has 1 aromatic carbocycles. The molecule has 1 fully saturated rings. The van der Waals surface area contributed by atoms with Crippen LogP contribution in [0.15, 0.2) is 29.2 Å². The van der Waals surface area contributed by atoms with Crippen molar-refractivity contribution in [1.29, 1.82) is 5.26 Å². The number of halogens is 1. The minimum absolute atomic E-state index is 0.227. The van der Waals surface area contributed by atoms with Crippen LogP contribution in [0, 0.1) is 23.1 Å². The lowest BCUT2D eigenvalue weighted by Gasteiger charge is -2.25. The van der Waals surface area contributed by atoms with E-state index in [1.165, 1.54) is 12.1 Å². The lowest BCUT2D eigenvalue weighted by molar-refractivity contribution is 0.554. The average Bonchev–Trinajstić information content (AvgIpc) is 2.64. The standard InChI is InChI=1S/C13H14FNS/c1-10-3-2-8-13(10,9-15)16-12-6-4-11(14)5-7-12/h4-7,10H,2-3,8H2,1H3. The number of nitriles is 1. The lowest BCUT2D eigenvalue weighted by atomic mass is 9.99. The van der Waals surface area contributed by atoms with Crippen LogP contribution < -0.4 is 0 Å². The zero-order valence-corrected chi connectivity index (χ0v) is 10.1. The van der Waals surface area contributed by atoms with E-state index in [-0.39, 0.29) is 10.6 Å². The van der Waals surface area contributed by atoms with E-state index in [1.807, 2.05) is 0 Å². The summed E-state index contributed by atoms with van der Waals surface area (Å²) in [6.45, 7) is 2.13. The van der Waals surface area contributed by atoms with E-state index in [0.29, 0.717) is 5.92 Å². The molecule has 1 nitrogen and oxygen atoms in total. The molecule has 1 aromatic rings. The first-order chi connectivity index (χ1) is 7.66. The number of rotatable bonds is 2. The van der Waals surface area contributed by atoms with Gasteiger partial charge in [0.05, 0.1) is 6.07 Å². The molecule has 84 valence electrons. The van der Waals surface area contributed by atoms with Crippen molar-refractivity contribution in [3.8, 4) is 6.07 Å². The highest BCUT2D eigenvalue weighted by Gasteiger charge is 2.41. The van der Waals surface area contributed by atoms with Gasteiger partial charge in [-0.3, -0.25) is 0 Å². The Morgan fingerprint density at radius 3 is 2.62 bits per heavy atom. The van der Waals surface area contributed by atoms with Crippen molar-refractivity contribution in [3.05, 3.63) is 30.1 Å². The summed E-state index contributed by atoms with van der Waals surface area (Å²) in [6, 6.07) is 8.87. The maximum atomic E-state index is 12.8. The molecule has 0 radical (unpaired) electrons. The van der Waals surface area contributed by atoms with Gasteiger partial charge in [-0.1, -0.05) is 13.3 Å². The Hall–Kier alpha value is -1.01. The van der Waals surface area contributed by atoms with Crippen LogP contribution in [0.5, 0.6) is 0 Å². The molecule has 2 rings (SSSR count). The summed E-state index contributed by atoms with van der Waals surface area (Å²) in [5, 5.41) is 9.36. The van der Waals surface area contributed by atoms with Crippen LogP contribution in [0.1, 0.15) is 26.2 Å². The van der Waals surface area contributed by atoms with Gasteiger partial charge in [-0.25, -0.2) is 4.39 Å². The van der Waals surface area contributed by atoms with E-state index >= 15 is 0 Å². The predicted molar refractivity (Wildman–Crippen MR) is 63.6 cm³/mol. The van der Waals surface area contributed by atoms with Crippen LogP contribution in [0.2, 0.25) is 0 Å². The summed E-state index contributed by atoms with van der Waals surface area (Å²) in [6.07, 6.45) is 3.16. The summed E-state index contributed by atoms with van der Waals surface area (Å²) in [7, 11) is 0. The summed E-state index contributed by atoms with van der Waals surface area (Å²) in [5.74, 6) is 0.183. The maximum Gasteiger partial charge on any atom is 0.123 e. The van der Waals surface area contributed by atoms with E-state index in [9.17, 15) is 9.65 Å². The highest BCUT2D eigenvalue weighted by Crippen LogP contribution is 2.48. The van der Waals surface area contributed by atoms with Gasteiger partial charge in [-0.05, 0) is 43.0 Å². The van der Waals surface area contributed by atoms with Gasteiger partial charge in [0.15, 0.2) is 0 Å². The molecule has 3 heteroatoms. The molecule has 1 aliphatic rings. The van der Waals surface area contributed by atoms with Crippen LogP contribution in [-0.2, 0) is 0 Å². The number of thioether (sulfide) groups is 1. The van der Waals surface area contributed by atoms with Gasteiger partial charge in [0.1, 0.15) is 10.6 Å². The summed E-state index contributed by atoms with van der Waals surface area (Å²) >= 11 is 1.59. The SMILES string of the molecule is CC1CCCC1(C#N)Sc1ccc(F)cc1. The molecular formula is C13H14FNS. The van der Waals surface area contributed by atoms with Gasteiger partial charge in [-0.2, -0.15) is 5.26 Å². The molecule has 0 bridgehead atoms. The third kappa shape index (κ3) is 2.08. The molecule has 0 aromatic heterocycles. The minimum Gasteiger partial charge on any atom is -0.207 e. The Bertz CT molecular complexity index is 409. The minimum atomic E-state index is -0.308. The van der Waals surface area contributed by atoms with Gasteiger partial charge in [-0.15, -0.1) is 11.8 Å². The van der Waals surface area contributed by atoms with Gasteiger partial charge in [0, 0.05) is 4.90 Å². The van der Waals surface area contributed by atoms with Crippen molar-refractivity contribution >= 4 is 11.8 Å². The Morgan fingerprint density at radius 2 is 2.12 bits per heavy atom. The molecule has 0 spiro atoms. The number of benzene rings is 1. The molecular weight excluding hydrogens is 221 g/mol. The first-order valence-corrected chi connectivity index (χ1v) is 6.34. The van der Waals surface area contributed by atoms with Crippen LogP contribution in [0.25, 0.3) is 0 Å². The first-order valence-electron chi connectivity index (χ1n) is 5.52. The van der Waals surface area contributed by atoms with Crippen molar-refractivity contribution in [3.63, 3.8) is 0 Å². The molecule has 0 N–H and O–H groups in total. The fraction of sp³-hybridized carbons (Fsp3) is 0.462. The van der Waals surface area contributed by atoms with Crippen molar-refractivity contribution in [1.82, 2.24) is 0 Å². The number of hydrogen-bond acceptors (Lipinski definition) is 2. The normalized spacial score (nSPS) is 28.9. The van der Waals surface area contributed by atoms with Crippen LogP contribution in [-0.4, -0.2) is 4.75 Å². The van der Waals surface area contributed by atoms with E-state index in [2.05, 4.69) is 13.0 Å². The van der Waals surface area contributed by atoms with Gasteiger partial charge >= 0.3 is 0 Å². The van der Waals surface area contributed by atoms with Crippen LogP contribution in [0.4, 0.5) is 4.39 Å². The molecule has 0 saturated heterocycles. The highest BCUT2D eigenvalue weighted by atomic mass is 32.2. The van der Waals surface area contributed by atoms with Gasteiger partial charge in [0.2, 0.25) is 0 Å². The maximum absolute atomic E-state index is 12.8. The predicted octanol–water partition coefficient (Wildman–Crippen LogP) is 4.00. The molecule has 2 atom stereocenters. The molecule has 1 aliphatic carbocycles. The van der Waals surface area contributed by atoms with Crippen LogP contribution >= 0.6 is 11.8 Å². The van der Waals surface area contributed by atoms with Crippen molar-refractivity contribution in [2.24, 2.45) is 5.92 Å². The molecule has 2 unspecified atom stereocenters. The topological polar surface area (TPSA) is 23.8 Å². The second-order valence-corrected chi connectivity index (χ2v) is 5.75. The van der Waals surface area contributed by atoms with E-state index in [0.717, 1.165) is 24.2 Å². The summed E-state index contributed by atoms with van der Waals surface area (Å²) in [5.41, 5.74) is 0. The molecule has 0 aliphatic heterocycles. The molecule has 1 saturated carbocycles. The quantitative estimate of drug-likeness (QED) is 0.773. The molecule has 0 heterocycles. The fourth-order valence-corrected chi connectivity index (χ4v) is 3.51. The Morgan fingerprint density at radius 1 is 1.44 bits per heavy atom. The molecule has 0 amide bonds.